The van der Waals surface area contributed by atoms with Crippen molar-refractivity contribution in [3.8, 4) is 0 Å². The molecule has 2 N–H and O–H groups in total. The van der Waals surface area contributed by atoms with E-state index in [2.05, 4.69) is 10.2 Å². The predicted molar refractivity (Wildman–Crippen MR) is 49.7 cm³/mol. The molecule has 1 aliphatic heterocycles. The van der Waals surface area contributed by atoms with Crippen molar-refractivity contribution in [2.75, 3.05) is 13.1 Å². The van der Waals surface area contributed by atoms with Gasteiger partial charge in [-0.25, -0.2) is 0 Å². The first kappa shape index (κ1) is 9.21. The minimum Gasteiger partial charge on any atom is -0.391 e. The number of nitrogens with one attached hydrogen (secondary N) is 1. The number of nitrogens with zero attached hydrogens (tertiary/aromatic N) is 2. The van der Waals surface area contributed by atoms with E-state index in [0.29, 0.717) is 18.7 Å². The van der Waals surface area contributed by atoms with Gasteiger partial charge in [0.25, 0.3) is 5.91 Å². The van der Waals surface area contributed by atoms with Crippen LogP contribution in [0.15, 0.2) is 12.4 Å². The van der Waals surface area contributed by atoms with Gasteiger partial charge in [0, 0.05) is 25.2 Å². The molecule has 0 saturated carbocycles. The van der Waals surface area contributed by atoms with Gasteiger partial charge in [-0.2, -0.15) is 5.10 Å². The van der Waals surface area contributed by atoms with Crippen LogP contribution in [0.2, 0.25) is 0 Å². The number of hydrogen-bond donors (Lipinski definition) is 2. The van der Waals surface area contributed by atoms with E-state index in [-0.39, 0.29) is 11.8 Å². The van der Waals surface area contributed by atoms with Gasteiger partial charge in [-0.3, -0.25) is 9.89 Å². The molecule has 0 radical (unpaired) electrons. The molecule has 5 heteroatoms. The summed E-state index contributed by atoms with van der Waals surface area (Å²) in [5.74, 6) is 0.0907. The first-order chi connectivity index (χ1) is 6.68. The second-order valence-corrected chi connectivity index (χ2v) is 3.74. The van der Waals surface area contributed by atoms with Gasteiger partial charge in [0.2, 0.25) is 0 Å². The molecule has 0 aromatic carbocycles. The van der Waals surface area contributed by atoms with E-state index in [4.69, 9.17) is 0 Å². The molecule has 1 aromatic rings. The molecule has 1 aromatic heterocycles. The fourth-order valence-electron chi connectivity index (χ4n) is 1.67. The number of β-amino-alcohol motifs (C(OH)–C–C–N with tert-alkyl or cyclic N) is 1. The van der Waals surface area contributed by atoms with Crippen LogP contribution < -0.4 is 0 Å². The first-order valence-electron chi connectivity index (χ1n) is 4.64. The highest BCUT2D eigenvalue weighted by atomic mass is 16.3. The molecule has 0 aliphatic carbocycles. The average Bonchev–Trinajstić information content (AvgIpc) is 2.76. The van der Waals surface area contributed by atoms with Crippen molar-refractivity contribution in [3.63, 3.8) is 0 Å². The van der Waals surface area contributed by atoms with Gasteiger partial charge in [0.1, 0.15) is 0 Å². The standard InChI is InChI=1S/C9H13N3O2/c1-6-4-12(5-8(6)13)9(14)7-2-10-11-3-7/h2-3,6,8,13H,4-5H2,1H3,(H,10,11). The van der Waals surface area contributed by atoms with Crippen molar-refractivity contribution in [3.05, 3.63) is 18.0 Å². The molecule has 1 saturated heterocycles. The van der Waals surface area contributed by atoms with Crippen molar-refractivity contribution in [2.24, 2.45) is 5.92 Å². The first-order valence-corrected chi connectivity index (χ1v) is 4.64. The lowest BCUT2D eigenvalue weighted by molar-refractivity contribution is 0.0765. The molecule has 2 heterocycles. The minimum atomic E-state index is -0.397. The van der Waals surface area contributed by atoms with Crippen LogP contribution in [0.5, 0.6) is 0 Å². The Bertz CT molecular complexity index is 313. The van der Waals surface area contributed by atoms with E-state index in [1.165, 1.54) is 6.20 Å². The summed E-state index contributed by atoms with van der Waals surface area (Å²) in [7, 11) is 0. The summed E-state index contributed by atoms with van der Waals surface area (Å²) in [4.78, 5) is 13.4. The monoisotopic (exact) mass is 195 g/mol. The lowest BCUT2D eigenvalue weighted by Crippen LogP contribution is -2.29. The largest absolute Gasteiger partial charge is 0.391 e. The summed E-state index contributed by atoms with van der Waals surface area (Å²) in [6, 6.07) is 0. The van der Waals surface area contributed by atoms with Crippen LogP contribution in [0.3, 0.4) is 0 Å². The maximum atomic E-state index is 11.8. The zero-order valence-electron chi connectivity index (χ0n) is 7.97. The van der Waals surface area contributed by atoms with Crippen LogP contribution in [0.4, 0.5) is 0 Å². The Labute approximate surface area is 81.7 Å². The van der Waals surface area contributed by atoms with Crippen LogP contribution >= 0.6 is 0 Å². The Balaban J connectivity index is 2.07. The van der Waals surface area contributed by atoms with Gasteiger partial charge in [-0.05, 0) is 0 Å². The Hall–Kier alpha value is -1.36. The lowest BCUT2D eigenvalue weighted by Gasteiger charge is -2.13. The van der Waals surface area contributed by atoms with Gasteiger partial charge >= 0.3 is 0 Å². The predicted octanol–water partition coefficient (Wildman–Crippen LogP) is -0.137. The number of carbonyl (C=O) groups is 1. The molecule has 2 rings (SSSR count). The van der Waals surface area contributed by atoms with Crippen molar-refractivity contribution in [1.82, 2.24) is 15.1 Å². The molecular formula is C9H13N3O2. The third-order valence-corrected chi connectivity index (χ3v) is 2.61. The van der Waals surface area contributed by atoms with Gasteiger partial charge in [0.05, 0.1) is 17.9 Å². The second-order valence-electron chi connectivity index (χ2n) is 3.74. The summed E-state index contributed by atoms with van der Waals surface area (Å²) in [6.45, 7) is 2.98. The number of aliphatic hydroxyl groups is 1. The zero-order chi connectivity index (χ0) is 10.1. The van der Waals surface area contributed by atoms with E-state index in [1.54, 1.807) is 11.1 Å². The van der Waals surface area contributed by atoms with E-state index in [1.807, 2.05) is 6.92 Å². The highest BCUT2D eigenvalue weighted by Crippen LogP contribution is 2.18. The fraction of sp³-hybridized carbons (Fsp3) is 0.556. The SMILES string of the molecule is CC1CN(C(=O)c2cn[nH]c2)CC1O. The third-order valence-electron chi connectivity index (χ3n) is 2.61. The van der Waals surface area contributed by atoms with Crippen LogP contribution in [-0.2, 0) is 0 Å². The number of H-pyrrole nitrogens is 1. The smallest absolute Gasteiger partial charge is 0.257 e. The summed E-state index contributed by atoms with van der Waals surface area (Å²) in [5.41, 5.74) is 0.548. The molecule has 76 valence electrons. The Morgan fingerprint density at radius 1 is 1.71 bits per heavy atom. The van der Waals surface area contributed by atoms with Gasteiger partial charge in [-0.1, -0.05) is 6.92 Å². The summed E-state index contributed by atoms with van der Waals surface area (Å²) in [6.07, 6.45) is 2.67. The molecule has 1 aliphatic rings. The maximum absolute atomic E-state index is 11.8. The number of hydrogen-bond acceptors (Lipinski definition) is 3. The second kappa shape index (κ2) is 3.42. The molecule has 2 unspecified atom stereocenters. The summed E-state index contributed by atoms with van der Waals surface area (Å²) in [5, 5.41) is 15.8. The van der Waals surface area contributed by atoms with Crippen LogP contribution in [-0.4, -0.2) is 45.3 Å². The molecule has 1 amide bonds. The van der Waals surface area contributed by atoms with Crippen molar-refractivity contribution in [1.29, 1.82) is 0 Å². The number of aromatic nitrogens is 2. The van der Waals surface area contributed by atoms with E-state index in [0.717, 1.165) is 0 Å². The number of amides is 1. The quantitative estimate of drug-likeness (QED) is 0.655. The van der Waals surface area contributed by atoms with Crippen LogP contribution in [0, 0.1) is 5.92 Å². The Morgan fingerprint density at radius 2 is 2.50 bits per heavy atom. The Kier molecular flexibility index (Phi) is 2.25. The zero-order valence-corrected chi connectivity index (χ0v) is 7.97. The lowest BCUT2D eigenvalue weighted by atomic mass is 10.1. The summed E-state index contributed by atoms with van der Waals surface area (Å²) >= 11 is 0. The average molecular weight is 195 g/mol. The molecule has 5 nitrogen and oxygen atoms in total. The maximum Gasteiger partial charge on any atom is 0.257 e. The van der Waals surface area contributed by atoms with E-state index < -0.39 is 6.10 Å². The van der Waals surface area contributed by atoms with Crippen LogP contribution in [0.25, 0.3) is 0 Å². The molecule has 0 spiro atoms. The molecule has 2 atom stereocenters. The number of rotatable bonds is 1. The number of carbonyl (C=O) groups excluding carboxylic acids is 1. The van der Waals surface area contributed by atoms with Crippen molar-refractivity contribution >= 4 is 5.91 Å². The van der Waals surface area contributed by atoms with Gasteiger partial charge in [0.15, 0.2) is 0 Å². The van der Waals surface area contributed by atoms with Gasteiger partial charge in [-0.15, -0.1) is 0 Å². The van der Waals surface area contributed by atoms with Crippen molar-refractivity contribution in [2.45, 2.75) is 13.0 Å². The highest BCUT2D eigenvalue weighted by Gasteiger charge is 2.31. The fourth-order valence-corrected chi connectivity index (χ4v) is 1.67. The minimum absolute atomic E-state index is 0.0675. The number of aliphatic hydroxyl groups excluding tert-OH is 1. The van der Waals surface area contributed by atoms with Crippen molar-refractivity contribution < 1.29 is 9.90 Å². The van der Waals surface area contributed by atoms with E-state index >= 15 is 0 Å². The molecular weight excluding hydrogens is 182 g/mol. The molecule has 0 bridgehead atoms. The van der Waals surface area contributed by atoms with E-state index in [9.17, 15) is 9.90 Å². The van der Waals surface area contributed by atoms with Gasteiger partial charge < -0.3 is 10.0 Å². The van der Waals surface area contributed by atoms with Crippen LogP contribution in [0.1, 0.15) is 17.3 Å². The molecule has 1 fully saturated rings. The normalized spacial score (nSPS) is 26.9. The summed E-state index contributed by atoms with van der Waals surface area (Å²) < 4.78 is 0. The Morgan fingerprint density at radius 3 is 3.00 bits per heavy atom. The highest BCUT2D eigenvalue weighted by molar-refractivity contribution is 5.93. The molecule has 14 heavy (non-hydrogen) atoms. The number of likely N-dealkylation sites (tertiary alicyclic amines) is 1. The topological polar surface area (TPSA) is 69.2 Å². The number of aromatic amines is 1. The third kappa shape index (κ3) is 1.50.